The molecule has 0 amide bonds. The van der Waals surface area contributed by atoms with E-state index in [1.807, 2.05) is 260 Å². The zero-order valence-corrected chi connectivity index (χ0v) is 75.7. The fourth-order valence-corrected chi connectivity index (χ4v) is 19.3. The van der Waals surface area contributed by atoms with Crippen LogP contribution in [0.2, 0.25) is 0 Å². The Hall–Kier alpha value is -10.3. The molecule has 13 rings (SSSR count). The van der Waals surface area contributed by atoms with Gasteiger partial charge in [-0.3, -0.25) is 36.8 Å². The normalized spacial score (nSPS) is 20.2. The highest BCUT2D eigenvalue weighted by Gasteiger charge is 2.65. The zero-order valence-electron chi connectivity index (χ0n) is 72.3. The van der Waals surface area contributed by atoms with Crippen LogP contribution in [0.15, 0.2) is 253 Å². The van der Waals surface area contributed by atoms with Crippen LogP contribution in [0.25, 0.3) is 0 Å². The highest BCUT2D eigenvalue weighted by Crippen LogP contribution is 2.52. The van der Waals surface area contributed by atoms with E-state index >= 15 is 0 Å². The number of carbonyl (C=O) groups excluding carboxylic acids is 3. The van der Waals surface area contributed by atoms with Gasteiger partial charge >= 0.3 is 33.0 Å². The van der Waals surface area contributed by atoms with Crippen LogP contribution >= 0.6 is 39.0 Å². The van der Waals surface area contributed by atoms with Crippen LogP contribution < -0.4 is 51.1 Å². The second-order valence-electron chi connectivity index (χ2n) is 31.8. The fourth-order valence-electron chi connectivity index (χ4n) is 14.6. The Morgan fingerprint density at radius 1 is 0.476 bits per heavy atom. The van der Waals surface area contributed by atoms with Crippen LogP contribution in [0.4, 0.5) is 16.4 Å². The minimum atomic E-state index is -4.08. The van der Waals surface area contributed by atoms with Gasteiger partial charge in [0.2, 0.25) is 0 Å². The number of aliphatic hydroxyl groups excluding tert-OH is 1. The molecule has 126 heavy (non-hydrogen) atoms. The van der Waals surface area contributed by atoms with Crippen LogP contribution in [0.5, 0.6) is 23.0 Å². The van der Waals surface area contributed by atoms with Crippen LogP contribution in [-0.2, 0) is 79.9 Å². The number of hydrogen-bond donors (Lipinski definition) is 6. The minimum absolute atomic E-state index is 0.00197. The molecule has 2 aromatic heterocycles. The topological polar surface area (TPSA) is 354 Å². The van der Waals surface area contributed by atoms with E-state index in [9.17, 15) is 43.3 Å². The molecule has 668 valence electrons. The summed E-state index contributed by atoms with van der Waals surface area (Å²) in [5, 5.41) is 35.9. The van der Waals surface area contributed by atoms with Gasteiger partial charge in [-0.05, 0) is 132 Å². The van der Waals surface area contributed by atoms with Gasteiger partial charge in [-0.1, -0.05) is 235 Å². The maximum Gasteiger partial charge on any atom is 0.509 e. The molecular formula is C93H108N8O21P2S2. The number of carbonyl (C=O) groups is 3. The van der Waals surface area contributed by atoms with E-state index in [-0.39, 0.29) is 66.3 Å². The van der Waals surface area contributed by atoms with Crippen LogP contribution in [0.1, 0.15) is 125 Å². The first kappa shape index (κ1) is 94.8. The maximum absolute atomic E-state index is 14.3. The van der Waals surface area contributed by atoms with Crippen molar-refractivity contribution in [3.05, 3.63) is 308 Å². The molecule has 6 N–H and O–H groups in total. The summed E-state index contributed by atoms with van der Waals surface area (Å²) in [6, 6.07) is 71.7. The van der Waals surface area contributed by atoms with Crippen LogP contribution in [0, 0.1) is 10.8 Å². The van der Waals surface area contributed by atoms with Gasteiger partial charge in [0, 0.05) is 47.8 Å². The van der Waals surface area contributed by atoms with Gasteiger partial charge in [0.05, 0.1) is 54.9 Å². The number of fused-ring (bicyclic) bond motifs is 1. The van der Waals surface area contributed by atoms with Gasteiger partial charge in [0.15, 0.2) is 34.4 Å². The van der Waals surface area contributed by atoms with Crippen molar-refractivity contribution in [1.82, 2.24) is 29.3 Å². The monoisotopic (exact) mass is 1800 g/mol. The standard InChI is InChI=1S/C47H53N4O11PS.C46H55N4O10PS/c1-7-45(2,3)42(52)64-29-28-58-63(55,48-30-32-14-10-8-11-15-32)59-31-38-40-46(4,62-44(54)61-40)41(60-38)51-27-26-39(49-43(51)53)50-47(33-16-12-9-13-17-33,34-18-22-36(56-5)23-19-34)35-20-24-37(57-6)25-21-35;1-7-44(2,3)42(52)62-29-28-58-61(55,47-30-32-14-10-8-11-15-32)59-31-38-40(51)45(4,54)41(60-38)50-27-26-39(48-43(50)53)49-46(33-16-12-9-13-17-33,34-18-22-36(56-5)23-19-34)35-20-24-37(57-6)25-21-35/h8-27,38,40-41H,7,28-31H2,1-6H3,(H,48,55)(H,49,50,53);8-27,38,40-41,51,54H,7,28-31H2,1-6H3,(H,47,55)(H,48,49,53)/t38-,40-,41?,46-,63?;38-,40-,41?,45-,61?/m11/s1. The van der Waals surface area contributed by atoms with E-state index < -0.39 is 110 Å². The number of anilines is 2. The number of benzene rings is 8. The molecule has 0 radical (unpaired) electrons. The van der Waals surface area contributed by atoms with Crippen molar-refractivity contribution in [3.63, 3.8) is 0 Å². The summed E-state index contributed by atoms with van der Waals surface area (Å²) < 4.78 is 99.8. The summed E-state index contributed by atoms with van der Waals surface area (Å²) in [4.78, 5) is 75.3. The number of aromatic nitrogens is 4. The third-order valence-corrected chi connectivity index (χ3v) is 28.2. The van der Waals surface area contributed by atoms with E-state index in [4.69, 9.17) is 56.0 Å². The largest absolute Gasteiger partial charge is 0.509 e. The van der Waals surface area contributed by atoms with Crippen molar-refractivity contribution in [3.8, 4) is 23.0 Å². The van der Waals surface area contributed by atoms with Gasteiger partial charge in [0.25, 0.3) is 0 Å². The molecule has 3 aliphatic rings. The SMILES string of the molecule is CCC(C)(C)C(=O)SCCOP(=O)(NCc1ccccc1)OC[C@H]1OC(n2ccc(NC(c3ccccc3)(c3ccc(OC)cc3)c3ccc(OC)cc3)nc2=O)[C@](C)(O)[C@@H]1O.CCC(C)(C)C(=O)SCCOP(=O)(NCc1ccccc1)OC[C@H]1OC(n2ccc(NC(c3ccccc3)(c3ccc(OC)cc3)c3ccc(OC)cc3)nc2=O)[C@]2(C)OC(=O)O[C@H]12. The molecule has 33 heteroatoms. The lowest BCUT2D eigenvalue weighted by Crippen LogP contribution is -2.46. The molecule has 10 aromatic rings. The average molecular weight is 1800 g/mol. The van der Waals surface area contributed by atoms with E-state index in [2.05, 4.69) is 30.8 Å². The molecule has 8 aromatic carbocycles. The van der Waals surface area contributed by atoms with Crippen molar-refractivity contribution in [2.24, 2.45) is 10.8 Å². The molecule has 10 atom stereocenters. The molecule has 0 saturated carbocycles. The highest BCUT2D eigenvalue weighted by molar-refractivity contribution is 8.14. The van der Waals surface area contributed by atoms with Crippen molar-refractivity contribution in [2.75, 3.05) is 77.0 Å². The number of nitrogens with zero attached hydrogens (tertiary/aromatic N) is 4. The smallest absolute Gasteiger partial charge is 0.497 e. The van der Waals surface area contributed by atoms with Gasteiger partial charge in [0.1, 0.15) is 69.6 Å². The number of aliphatic hydroxyl groups is 2. The Labute approximate surface area is 741 Å². The number of ether oxygens (including phenoxy) is 8. The minimum Gasteiger partial charge on any atom is -0.497 e. The Morgan fingerprint density at radius 3 is 1.16 bits per heavy atom. The van der Waals surface area contributed by atoms with Crippen LogP contribution in [0.3, 0.4) is 0 Å². The Morgan fingerprint density at radius 2 is 0.810 bits per heavy atom. The number of rotatable bonds is 40. The molecule has 29 nitrogen and oxygen atoms in total. The molecule has 0 bridgehead atoms. The number of thioether (sulfide) groups is 2. The summed E-state index contributed by atoms with van der Waals surface area (Å²) >= 11 is 2.19. The van der Waals surface area contributed by atoms with E-state index in [1.165, 1.54) is 23.9 Å². The molecule has 5 heterocycles. The molecule has 3 aliphatic heterocycles. The summed E-state index contributed by atoms with van der Waals surface area (Å²) in [6.45, 7) is 13.6. The van der Waals surface area contributed by atoms with E-state index in [0.717, 1.165) is 72.6 Å². The average Bonchev–Trinajstić information content (AvgIpc) is 1.39. The third kappa shape index (κ3) is 21.9. The molecule has 0 aliphatic carbocycles. The van der Waals surface area contributed by atoms with Crippen molar-refractivity contribution in [2.45, 2.75) is 140 Å². The number of hydrogen-bond acceptors (Lipinski definition) is 27. The summed E-state index contributed by atoms with van der Waals surface area (Å²) in [5.74, 6) is 3.58. The van der Waals surface area contributed by atoms with Crippen LogP contribution in [-0.4, -0.2) is 148 Å². The molecule has 3 saturated heterocycles. The Bertz CT molecular complexity index is 5430. The second kappa shape index (κ2) is 41.6. The van der Waals surface area contributed by atoms with Crippen molar-refractivity contribution >= 4 is 67.0 Å². The molecular weight excluding hydrogens is 1690 g/mol. The first-order valence-corrected chi connectivity index (χ1v) is 46.2. The highest BCUT2D eigenvalue weighted by atomic mass is 32.2. The fraction of sp³-hybridized carbons (Fsp3) is 0.366. The second-order valence-corrected chi connectivity index (χ2v) is 37.6. The molecule has 4 unspecified atom stereocenters. The van der Waals surface area contributed by atoms with Gasteiger partial charge in [-0.25, -0.2) is 33.7 Å². The molecule has 0 spiro atoms. The first-order chi connectivity index (χ1) is 60.4. The number of nitrogens with one attached hydrogen (secondary N) is 4. The quantitative estimate of drug-likeness (QED) is 0.00899. The Kier molecular flexibility index (Phi) is 31.3. The zero-order chi connectivity index (χ0) is 90.1. The Balaban J connectivity index is 0.000000229. The lowest BCUT2D eigenvalue weighted by Gasteiger charge is -2.37. The van der Waals surface area contributed by atoms with Gasteiger partial charge in [-0.2, -0.15) is 9.97 Å². The van der Waals surface area contributed by atoms with Gasteiger partial charge < -0.3 is 58.7 Å². The predicted molar refractivity (Wildman–Crippen MR) is 482 cm³/mol. The maximum atomic E-state index is 14.3. The summed E-state index contributed by atoms with van der Waals surface area (Å²) in [6.07, 6.45) is -4.28. The van der Waals surface area contributed by atoms with E-state index in [1.54, 1.807) is 47.5 Å². The molecule has 3 fully saturated rings. The van der Waals surface area contributed by atoms with Gasteiger partial charge in [-0.15, -0.1) is 0 Å². The lowest BCUT2D eigenvalue weighted by atomic mass is 9.77. The lowest BCUT2D eigenvalue weighted by molar-refractivity contribution is -0.118. The van der Waals surface area contributed by atoms with Crippen molar-refractivity contribution in [1.29, 1.82) is 0 Å². The van der Waals surface area contributed by atoms with Crippen molar-refractivity contribution < 1.29 is 89.7 Å². The summed E-state index contributed by atoms with van der Waals surface area (Å²) in [7, 11) is -1.75. The predicted octanol–water partition coefficient (Wildman–Crippen LogP) is 15.8. The summed E-state index contributed by atoms with van der Waals surface area (Å²) in [5.41, 5.74) is -1.58. The van der Waals surface area contributed by atoms with E-state index in [0.29, 0.717) is 35.8 Å². The number of methoxy groups -OCH3 is 4. The first-order valence-electron chi connectivity index (χ1n) is 41.1. The third-order valence-electron chi connectivity index (χ3n) is 22.8.